The molecular weight excluding hydrogens is 270 g/mol. The van der Waals surface area contributed by atoms with Gasteiger partial charge in [-0.25, -0.2) is 4.79 Å². The van der Waals surface area contributed by atoms with Crippen LogP contribution in [0.15, 0.2) is 24.3 Å². The maximum absolute atomic E-state index is 11.9. The minimum Gasteiger partial charge on any atom is -0.493 e. The second-order valence-electron chi connectivity index (χ2n) is 5.18. The number of nitrogens with one attached hydrogen (secondary N) is 1. The van der Waals surface area contributed by atoms with Gasteiger partial charge in [-0.15, -0.1) is 0 Å². The first-order valence-electron chi connectivity index (χ1n) is 7.32. The van der Waals surface area contributed by atoms with Gasteiger partial charge in [0.05, 0.1) is 7.11 Å². The number of carbonyl (C=O) groups excluding carboxylic acids is 2. The number of hydrogen-bond donors (Lipinski definition) is 1. The smallest absolute Gasteiger partial charge is 0.330 e. The molecule has 1 aliphatic carbocycles. The fourth-order valence-electron chi connectivity index (χ4n) is 2.53. The first-order chi connectivity index (χ1) is 10.2. The Labute approximate surface area is 124 Å². The van der Waals surface area contributed by atoms with Crippen LogP contribution in [0.3, 0.4) is 0 Å². The summed E-state index contributed by atoms with van der Waals surface area (Å²) in [5.74, 6) is 0.342. The average molecular weight is 291 g/mol. The molecular formula is C16H21NO4. The summed E-state index contributed by atoms with van der Waals surface area (Å²) in [5.41, 5.74) is 0. The van der Waals surface area contributed by atoms with Gasteiger partial charge in [0.2, 0.25) is 5.91 Å². The van der Waals surface area contributed by atoms with Crippen molar-refractivity contribution < 1.29 is 19.1 Å². The molecule has 114 valence electrons. The molecule has 5 nitrogen and oxygen atoms in total. The molecule has 0 radical (unpaired) electrons. The van der Waals surface area contributed by atoms with Crippen LogP contribution in [0.4, 0.5) is 0 Å². The Morgan fingerprint density at radius 3 is 2.48 bits per heavy atom. The van der Waals surface area contributed by atoms with Crippen LogP contribution in [-0.2, 0) is 9.59 Å². The van der Waals surface area contributed by atoms with Crippen molar-refractivity contribution in [1.82, 2.24) is 5.32 Å². The van der Waals surface area contributed by atoms with Crippen molar-refractivity contribution in [1.29, 1.82) is 0 Å². The predicted octanol–water partition coefficient (Wildman–Crippen LogP) is 2.30. The molecule has 1 aliphatic rings. The fourth-order valence-corrected chi connectivity index (χ4v) is 2.53. The fraction of sp³-hybridized carbons (Fsp3) is 0.500. The molecule has 1 aromatic rings. The largest absolute Gasteiger partial charge is 0.493 e. The topological polar surface area (TPSA) is 64.6 Å². The lowest BCUT2D eigenvalue weighted by Gasteiger charge is -2.20. The molecule has 0 atom stereocenters. The van der Waals surface area contributed by atoms with Gasteiger partial charge in [-0.1, -0.05) is 31.4 Å². The Balaban J connectivity index is 1.80. The molecule has 0 heterocycles. The van der Waals surface area contributed by atoms with Crippen molar-refractivity contribution in [2.75, 3.05) is 13.7 Å². The molecule has 21 heavy (non-hydrogen) atoms. The summed E-state index contributed by atoms with van der Waals surface area (Å²) in [4.78, 5) is 23.7. The predicted molar refractivity (Wildman–Crippen MR) is 78.2 cm³/mol. The van der Waals surface area contributed by atoms with E-state index >= 15 is 0 Å². The number of rotatable bonds is 5. The van der Waals surface area contributed by atoms with E-state index in [0.717, 1.165) is 25.7 Å². The molecule has 0 bridgehead atoms. The highest BCUT2D eigenvalue weighted by molar-refractivity contribution is 5.84. The Morgan fingerprint density at radius 2 is 1.81 bits per heavy atom. The van der Waals surface area contributed by atoms with E-state index in [4.69, 9.17) is 9.47 Å². The highest BCUT2D eigenvalue weighted by Gasteiger charge is 2.21. The van der Waals surface area contributed by atoms with Gasteiger partial charge in [-0.05, 0) is 25.0 Å². The van der Waals surface area contributed by atoms with Gasteiger partial charge in [0.1, 0.15) is 6.54 Å². The quantitative estimate of drug-likeness (QED) is 0.668. The molecule has 1 amide bonds. The van der Waals surface area contributed by atoms with Crippen molar-refractivity contribution >= 4 is 11.9 Å². The van der Waals surface area contributed by atoms with E-state index in [2.05, 4.69) is 5.32 Å². The van der Waals surface area contributed by atoms with E-state index in [1.807, 2.05) is 0 Å². The Bertz CT molecular complexity index is 495. The maximum atomic E-state index is 11.9. The van der Waals surface area contributed by atoms with E-state index in [-0.39, 0.29) is 18.4 Å². The highest BCUT2D eigenvalue weighted by atomic mass is 16.6. The van der Waals surface area contributed by atoms with Crippen molar-refractivity contribution in [3.63, 3.8) is 0 Å². The van der Waals surface area contributed by atoms with Gasteiger partial charge < -0.3 is 14.8 Å². The van der Waals surface area contributed by atoms with E-state index in [9.17, 15) is 9.59 Å². The van der Waals surface area contributed by atoms with Gasteiger partial charge >= 0.3 is 5.97 Å². The summed E-state index contributed by atoms with van der Waals surface area (Å²) >= 11 is 0. The van der Waals surface area contributed by atoms with Crippen molar-refractivity contribution in [3.8, 4) is 11.5 Å². The van der Waals surface area contributed by atoms with Crippen molar-refractivity contribution in [2.45, 2.75) is 32.1 Å². The zero-order valence-electron chi connectivity index (χ0n) is 12.3. The molecule has 5 heteroatoms. The molecule has 0 aromatic heterocycles. The van der Waals surface area contributed by atoms with E-state index in [1.165, 1.54) is 13.5 Å². The summed E-state index contributed by atoms with van der Waals surface area (Å²) in [5, 5.41) is 2.66. The lowest BCUT2D eigenvalue weighted by molar-refractivity contribution is -0.136. The lowest BCUT2D eigenvalue weighted by Crippen LogP contribution is -2.36. The SMILES string of the molecule is COc1ccccc1OC(=O)CNC(=O)C1CCCCC1. The first-order valence-corrected chi connectivity index (χ1v) is 7.32. The molecule has 0 saturated heterocycles. The minimum atomic E-state index is -0.497. The number of esters is 1. The molecule has 2 rings (SSSR count). The number of para-hydroxylation sites is 2. The molecule has 0 unspecified atom stereocenters. The van der Waals surface area contributed by atoms with Gasteiger partial charge in [0.15, 0.2) is 11.5 Å². The van der Waals surface area contributed by atoms with Crippen LogP contribution in [0, 0.1) is 5.92 Å². The zero-order valence-corrected chi connectivity index (χ0v) is 12.3. The average Bonchev–Trinajstić information content (AvgIpc) is 2.54. The van der Waals surface area contributed by atoms with Crippen molar-refractivity contribution in [3.05, 3.63) is 24.3 Å². The molecule has 1 fully saturated rings. The Hall–Kier alpha value is -2.04. The standard InChI is InChI=1S/C16H21NO4/c1-20-13-9-5-6-10-14(13)21-15(18)11-17-16(19)12-7-3-2-4-8-12/h5-6,9-10,12H,2-4,7-8,11H2,1H3,(H,17,19). The third kappa shape index (κ3) is 4.48. The van der Waals surface area contributed by atoms with Crippen LogP contribution in [0.2, 0.25) is 0 Å². The normalized spacial score (nSPS) is 15.3. The lowest BCUT2D eigenvalue weighted by atomic mass is 9.89. The van der Waals surface area contributed by atoms with E-state index < -0.39 is 5.97 Å². The number of benzene rings is 1. The van der Waals surface area contributed by atoms with Crippen LogP contribution in [0.25, 0.3) is 0 Å². The third-order valence-corrected chi connectivity index (χ3v) is 3.68. The van der Waals surface area contributed by atoms with Crippen LogP contribution >= 0.6 is 0 Å². The highest BCUT2D eigenvalue weighted by Crippen LogP contribution is 2.26. The molecule has 1 N–H and O–H groups in total. The second-order valence-corrected chi connectivity index (χ2v) is 5.18. The Morgan fingerprint density at radius 1 is 1.14 bits per heavy atom. The van der Waals surface area contributed by atoms with Gasteiger partial charge in [-0.2, -0.15) is 0 Å². The van der Waals surface area contributed by atoms with Gasteiger partial charge in [-0.3, -0.25) is 4.79 Å². The van der Waals surface area contributed by atoms with E-state index in [1.54, 1.807) is 24.3 Å². The van der Waals surface area contributed by atoms with Crippen LogP contribution < -0.4 is 14.8 Å². The minimum absolute atomic E-state index is 0.0396. The molecule has 1 saturated carbocycles. The first kappa shape index (κ1) is 15.4. The summed E-state index contributed by atoms with van der Waals surface area (Å²) in [6.07, 6.45) is 5.19. The molecule has 0 aliphatic heterocycles. The zero-order chi connectivity index (χ0) is 15.1. The number of methoxy groups -OCH3 is 1. The second kappa shape index (κ2) is 7.67. The number of carbonyl (C=O) groups is 2. The summed E-state index contributed by atoms with van der Waals surface area (Å²) < 4.78 is 10.3. The number of ether oxygens (including phenoxy) is 2. The van der Waals surface area contributed by atoms with Gasteiger partial charge in [0.25, 0.3) is 0 Å². The summed E-state index contributed by atoms with van der Waals surface area (Å²) in [6, 6.07) is 6.91. The summed E-state index contributed by atoms with van der Waals surface area (Å²) in [7, 11) is 1.51. The third-order valence-electron chi connectivity index (χ3n) is 3.68. The van der Waals surface area contributed by atoms with E-state index in [0.29, 0.717) is 11.5 Å². The number of hydrogen-bond acceptors (Lipinski definition) is 4. The monoisotopic (exact) mass is 291 g/mol. The van der Waals surface area contributed by atoms with Crippen LogP contribution in [0.1, 0.15) is 32.1 Å². The number of amides is 1. The Kier molecular flexibility index (Phi) is 5.60. The van der Waals surface area contributed by atoms with Crippen LogP contribution in [-0.4, -0.2) is 25.5 Å². The van der Waals surface area contributed by atoms with Gasteiger partial charge in [0, 0.05) is 5.92 Å². The molecule has 1 aromatic carbocycles. The van der Waals surface area contributed by atoms with Crippen LogP contribution in [0.5, 0.6) is 11.5 Å². The molecule has 0 spiro atoms. The maximum Gasteiger partial charge on any atom is 0.330 e. The summed E-state index contributed by atoms with van der Waals surface area (Å²) in [6.45, 7) is -0.118. The van der Waals surface area contributed by atoms with Crippen molar-refractivity contribution in [2.24, 2.45) is 5.92 Å².